The predicted octanol–water partition coefficient (Wildman–Crippen LogP) is -0.116. The van der Waals surface area contributed by atoms with Crippen LogP contribution in [0.4, 0.5) is 0 Å². The zero-order chi connectivity index (χ0) is 8.85. The maximum Gasteiger partial charge on any atom is 0.303 e. The summed E-state index contributed by atoms with van der Waals surface area (Å²) in [5, 5.41) is 11.1. The molecule has 0 aromatic carbocycles. The first-order valence-electron chi connectivity index (χ1n) is 3.46. The predicted molar refractivity (Wildman–Crippen MR) is 40.3 cm³/mol. The van der Waals surface area contributed by atoms with Crippen LogP contribution < -0.4 is 5.32 Å². The van der Waals surface area contributed by atoms with E-state index in [0.29, 0.717) is 0 Å². The largest absolute Gasteiger partial charge is 0.481 e. The molecule has 0 aromatic heterocycles. The van der Waals surface area contributed by atoms with Crippen molar-refractivity contribution in [2.75, 3.05) is 7.05 Å². The quantitative estimate of drug-likeness (QED) is 0.549. The Morgan fingerprint density at radius 2 is 2.27 bits per heavy atom. The summed E-state index contributed by atoms with van der Waals surface area (Å²) in [6.45, 7) is 1.73. The van der Waals surface area contributed by atoms with Crippen LogP contribution >= 0.6 is 0 Å². The Kier molecular flexibility index (Phi) is 4.45. The van der Waals surface area contributed by atoms with Crippen LogP contribution in [0.2, 0.25) is 0 Å². The van der Waals surface area contributed by atoms with E-state index in [9.17, 15) is 9.59 Å². The second-order valence-electron chi connectivity index (χ2n) is 2.53. The van der Waals surface area contributed by atoms with Crippen molar-refractivity contribution in [3.8, 4) is 0 Å². The number of carboxylic acids is 1. The molecule has 0 bridgehead atoms. The molecule has 4 nitrogen and oxygen atoms in total. The minimum Gasteiger partial charge on any atom is -0.481 e. The van der Waals surface area contributed by atoms with E-state index >= 15 is 0 Å². The average molecular weight is 159 g/mol. The van der Waals surface area contributed by atoms with Crippen LogP contribution in [0, 0.1) is 5.92 Å². The summed E-state index contributed by atoms with van der Waals surface area (Å²) in [6.07, 6.45) is 0.748. The minimum absolute atomic E-state index is 0.0181. The van der Waals surface area contributed by atoms with Gasteiger partial charge in [0.2, 0.25) is 0 Å². The van der Waals surface area contributed by atoms with Crippen molar-refractivity contribution in [1.82, 2.24) is 5.32 Å². The third kappa shape index (κ3) is 3.72. The van der Waals surface area contributed by atoms with Gasteiger partial charge in [-0.1, -0.05) is 6.92 Å². The van der Waals surface area contributed by atoms with E-state index in [2.05, 4.69) is 5.32 Å². The molecule has 0 heterocycles. The first-order valence-corrected chi connectivity index (χ1v) is 3.46. The Morgan fingerprint density at radius 3 is 2.55 bits per heavy atom. The lowest BCUT2D eigenvalue weighted by molar-refractivity contribution is -0.138. The van der Waals surface area contributed by atoms with Crippen LogP contribution in [0.3, 0.4) is 0 Å². The third-order valence-corrected chi connectivity index (χ3v) is 1.59. The van der Waals surface area contributed by atoms with E-state index in [1.807, 2.05) is 0 Å². The Bertz CT molecular complexity index is 147. The van der Waals surface area contributed by atoms with Crippen molar-refractivity contribution in [3.63, 3.8) is 0 Å². The van der Waals surface area contributed by atoms with Crippen LogP contribution in [0.5, 0.6) is 0 Å². The van der Waals surface area contributed by atoms with Gasteiger partial charge in [0.1, 0.15) is 6.29 Å². The van der Waals surface area contributed by atoms with E-state index in [0.717, 1.165) is 6.29 Å². The number of carbonyl (C=O) groups excluding carboxylic acids is 1. The van der Waals surface area contributed by atoms with Gasteiger partial charge < -0.3 is 15.2 Å². The lowest BCUT2D eigenvalue weighted by Crippen LogP contribution is -2.34. The summed E-state index contributed by atoms with van der Waals surface area (Å²) < 4.78 is 0. The van der Waals surface area contributed by atoms with Crippen molar-refractivity contribution in [3.05, 3.63) is 0 Å². The Labute approximate surface area is 65.6 Å². The molecule has 0 saturated carbocycles. The molecule has 0 aliphatic carbocycles. The van der Waals surface area contributed by atoms with Crippen LogP contribution in [0.25, 0.3) is 0 Å². The number of carbonyl (C=O) groups is 2. The number of rotatable bonds is 5. The third-order valence-electron chi connectivity index (χ3n) is 1.59. The smallest absolute Gasteiger partial charge is 0.303 e. The number of nitrogens with one attached hydrogen (secondary N) is 1. The molecule has 64 valence electrons. The number of hydrogen-bond acceptors (Lipinski definition) is 3. The van der Waals surface area contributed by atoms with Gasteiger partial charge in [-0.05, 0) is 13.0 Å². The van der Waals surface area contributed by atoms with Gasteiger partial charge in [0.25, 0.3) is 0 Å². The molecule has 0 aliphatic rings. The first kappa shape index (κ1) is 10.1. The van der Waals surface area contributed by atoms with Gasteiger partial charge in [-0.25, -0.2) is 0 Å². The lowest BCUT2D eigenvalue weighted by Gasteiger charge is -2.15. The average Bonchev–Trinajstić information content (AvgIpc) is 1.88. The molecule has 0 spiro atoms. The molecular weight excluding hydrogens is 146 g/mol. The van der Waals surface area contributed by atoms with Gasteiger partial charge in [-0.2, -0.15) is 0 Å². The van der Waals surface area contributed by atoms with Gasteiger partial charge in [0.15, 0.2) is 0 Å². The fraction of sp³-hybridized carbons (Fsp3) is 0.714. The van der Waals surface area contributed by atoms with Crippen LogP contribution in [0.15, 0.2) is 0 Å². The van der Waals surface area contributed by atoms with Crippen molar-refractivity contribution in [2.24, 2.45) is 5.92 Å². The molecule has 0 fully saturated rings. The summed E-state index contributed by atoms with van der Waals surface area (Å²) in [7, 11) is 1.64. The van der Waals surface area contributed by atoms with E-state index in [-0.39, 0.29) is 18.4 Å². The monoisotopic (exact) mass is 159 g/mol. The van der Waals surface area contributed by atoms with Crippen molar-refractivity contribution >= 4 is 12.3 Å². The summed E-state index contributed by atoms with van der Waals surface area (Å²) >= 11 is 0. The topological polar surface area (TPSA) is 66.4 Å². The number of likely N-dealkylation sites (N-methyl/N-ethyl adjacent to an activating group) is 1. The summed E-state index contributed by atoms with van der Waals surface area (Å²) in [5.74, 6) is -1.03. The van der Waals surface area contributed by atoms with Crippen molar-refractivity contribution in [2.45, 2.75) is 19.4 Å². The molecule has 0 radical (unpaired) electrons. The van der Waals surface area contributed by atoms with Gasteiger partial charge in [0, 0.05) is 6.42 Å². The highest BCUT2D eigenvalue weighted by Gasteiger charge is 2.16. The number of aldehydes is 1. The molecule has 0 rings (SSSR count). The van der Waals surface area contributed by atoms with Gasteiger partial charge in [-0.3, -0.25) is 4.79 Å². The van der Waals surface area contributed by atoms with Crippen LogP contribution in [0.1, 0.15) is 13.3 Å². The Hall–Kier alpha value is -0.900. The molecular formula is C7H13NO3. The molecule has 11 heavy (non-hydrogen) atoms. The molecule has 2 atom stereocenters. The van der Waals surface area contributed by atoms with Gasteiger partial charge in [-0.15, -0.1) is 0 Å². The summed E-state index contributed by atoms with van der Waals surface area (Å²) in [5.41, 5.74) is 0. The fourth-order valence-electron chi connectivity index (χ4n) is 0.889. The number of carboxylic acid groups (broad SMARTS) is 1. The lowest BCUT2D eigenvalue weighted by atomic mass is 10.00. The SMILES string of the molecule is CN[C@@H](C=O)C(C)CC(=O)O. The summed E-state index contributed by atoms with van der Waals surface area (Å²) in [4.78, 5) is 20.5. The molecule has 0 aromatic rings. The van der Waals surface area contributed by atoms with Gasteiger partial charge >= 0.3 is 5.97 Å². The molecule has 0 saturated heterocycles. The minimum atomic E-state index is -0.875. The van der Waals surface area contributed by atoms with Crippen LogP contribution in [-0.2, 0) is 9.59 Å². The Morgan fingerprint density at radius 1 is 1.73 bits per heavy atom. The maximum atomic E-state index is 10.3. The van der Waals surface area contributed by atoms with E-state index in [1.54, 1.807) is 14.0 Å². The zero-order valence-electron chi connectivity index (χ0n) is 6.70. The fourth-order valence-corrected chi connectivity index (χ4v) is 0.889. The first-order chi connectivity index (χ1) is 5.11. The second-order valence-corrected chi connectivity index (χ2v) is 2.53. The van der Waals surface area contributed by atoms with E-state index in [4.69, 9.17) is 5.11 Å². The standard InChI is InChI=1S/C7H13NO3/c1-5(3-7(10)11)6(4-9)8-2/h4-6,8H,3H2,1-2H3,(H,10,11)/t5?,6-/m0/s1. The number of aliphatic carboxylic acids is 1. The van der Waals surface area contributed by atoms with Crippen molar-refractivity contribution < 1.29 is 14.7 Å². The van der Waals surface area contributed by atoms with E-state index in [1.165, 1.54) is 0 Å². The molecule has 1 unspecified atom stereocenters. The van der Waals surface area contributed by atoms with Crippen molar-refractivity contribution in [1.29, 1.82) is 0 Å². The maximum absolute atomic E-state index is 10.3. The van der Waals surface area contributed by atoms with Gasteiger partial charge in [0.05, 0.1) is 6.04 Å². The molecule has 0 amide bonds. The van der Waals surface area contributed by atoms with E-state index < -0.39 is 5.97 Å². The van der Waals surface area contributed by atoms with Crippen LogP contribution in [-0.4, -0.2) is 30.5 Å². The normalized spacial score (nSPS) is 15.5. The second kappa shape index (κ2) is 4.85. The molecule has 2 N–H and O–H groups in total. The Balaban J connectivity index is 3.87. The highest BCUT2D eigenvalue weighted by molar-refractivity contribution is 5.68. The number of hydrogen-bond donors (Lipinski definition) is 2. The molecule has 0 aliphatic heterocycles. The molecule has 4 heteroatoms. The highest BCUT2D eigenvalue weighted by atomic mass is 16.4. The zero-order valence-corrected chi connectivity index (χ0v) is 6.70. The highest BCUT2D eigenvalue weighted by Crippen LogP contribution is 2.05. The summed E-state index contributed by atoms with van der Waals surface area (Å²) in [6, 6.07) is -0.355.